The van der Waals surface area contributed by atoms with Gasteiger partial charge in [0.25, 0.3) is 0 Å². The minimum absolute atomic E-state index is 0.0460. The van der Waals surface area contributed by atoms with Crippen LogP contribution >= 0.6 is 0 Å². The van der Waals surface area contributed by atoms with Crippen LogP contribution in [0.15, 0.2) is 24.3 Å². The number of para-hydroxylation sites is 1. The van der Waals surface area contributed by atoms with E-state index in [0.29, 0.717) is 19.6 Å². The Kier molecular flexibility index (Phi) is 5.45. The number of sulfone groups is 1. The molecule has 0 N–H and O–H groups in total. The van der Waals surface area contributed by atoms with Crippen molar-refractivity contribution < 1.29 is 17.9 Å². The first-order chi connectivity index (χ1) is 10.4. The predicted molar refractivity (Wildman–Crippen MR) is 87.1 cm³/mol. The maximum atomic E-state index is 12.2. The molecule has 1 atom stereocenters. The number of unbranched alkanes of at least 4 members (excludes halogenated alkanes) is 1. The zero-order valence-electron chi connectivity index (χ0n) is 13.1. The van der Waals surface area contributed by atoms with Crippen LogP contribution in [0.25, 0.3) is 0 Å². The lowest BCUT2D eigenvalue weighted by Crippen LogP contribution is -2.31. The van der Waals surface area contributed by atoms with E-state index in [9.17, 15) is 13.2 Å². The third kappa shape index (κ3) is 4.22. The van der Waals surface area contributed by atoms with Crippen LogP contribution in [-0.4, -0.2) is 39.7 Å². The number of amides is 1. The topological polar surface area (TPSA) is 63.7 Å². The van der Waals surface area contributed by atoms with Gasteiger partial charge in [-0.25, -0.2) is 13.2 Å². The standard InChI is InChI=1S/C16H23NO4S/c1-3-4-10-21-16(18)17-12-13(9-11-22(2,19)20)14-7-5-6-8-15(14)17/h5-8,13H,3-4,9-12H2,1-2H3. The molecule has 1 aromatic rings. The molecule has 1 aromatic carbocycles. The first kappa shape index (κ1) is 16.8. The van der Waals surface area contributed by atoms with Crippen molar-refractivity contribution in [3.8, 4) is 0 Å². The second-order valence-electron chi connectivity index (χ2n) is 5.75. The summed E-state index contributed by atoms with van der Waals surface area (Å²) < 4.78 is 28.1. The third-order valence-corrected chi connectivity index (χ3v) is 4.83. The van der Waals surface area contributed by atoms with Crippen LogP contribution < -0.4 is 4.90 Å². The lowest BCUT2D eigenvalue weighted by molar-refractivity contribution is 0.152. The molecule has 1 unspecified atom stereocenters. The van der Waals surface area contributed by atoms with Gasteiger partial charge in [0.2, 0.25) is 0 Å². The van der Waals surface area contributed by atoms with E-state index in [2.05, 4.69) is 0 Å². The molecule has 0 fully saturated rings. The third-order valence-electron chi connectivity index (χ3n) is 3.85. The SMILES string of the molecule is CCCCOC(=O)N1CC(CCS(C)(=O)=O)c2ccccc21. The molecule has 6 heteroatoms. The summed E-state index contributed by atoms with van der Waals surface area (Å²) in [6, 6.07) is 7.64. The fourth-order valence-electron chi connectivity index (χ4n) is 2.65. The molecule has 1 aliphatic rings. The number of anilines is 1. The van der Waals surface area contributed by atoms with Crippen molar-refractivity contribution in [1.82, 2.24) is 0 Å². The number of fused-ring (bicyclic) bond motifs is 1. The van der Waals surface area contributed by atoms with Crippen molar-refractivity contribution in [2.45, 2.75) is 32.1 Å². The van der Waals surface area contributed by atoms with E-state index in [1.807, 2.05) is 31.2 Å². The fourth-order valence-corrected chi connectivity index (χ4v) is 3.37. The molecule has 0 bridgehead atoms. The molecule has 122 valence electrons. The number of carbonyl (C=O) groups excluding carboxylic acids is 1. The number of ether oxygens (including phenoxy) is 1. The van der Waals surface area contributed by atoms with Gasteiger partial charge in [-0.1, -0.05) is 31.5 Å². The summed E-state index contributed by atoms with van der Waals surface area (Å²) in [5.74, 6) is 0.176. The van der Waals surface area contributed by atoms with Gasteiger partial charge in [0, 0.05) is 18.7 Å². The van der Waals surface area contributed by atoms with Crippen LogP contribution in [0.2, 0.25) is 0 Å². The van der Waals surface area contributed by atoms with Crippen molar-refractivity contribution >= 4 is 21.6 Å². The van der Waals surface area contributed by atoms with Crippen molar-refractivity contribution in [1.29, 1.82) is 0 Å². The van der Waals surface area contributed by atoms with Gasteiger partial charge >= 0.3 is 6.09 Å². The fraction of sp³-hybridized carbons (Fsp3) is 0.562. The first-order valence-corrected chi connectivity index (χ1v) is 9.69. The Morgan fingerprint density at radius 3 is 2.77 bits per heavy atom. The maximum absolute atomic E-state index is 12.2. The molecule has 0 saturated heterocycles. The molecule has 1 aliphatic heterocycles. The molecule has 1 amide bonds. The Hall–Kier alpha value is -1.56. The highest BCUT2D eigenvalue weighted by Crippen LogP contribution is 2.38. The Morgan fingerprint density at radius 1 is 1.36 bits per heavy atom. The molecule has 0 saturated carbocycles. The van der Waals surface area contributed by atoms with Gasteiger partial charge < -0.3 is 4.74 Å². The highest BCUT2D eigenvalue weighted by molar-refractivity contribution is 7.90. The number of rotatable bonds is 6. The van der Waals surface area contributed by atoms with Gasteiger partial charge in [-0.3, -0.25) is 4.90 Å². The molecule has 22 heavy (non-hydrogen) atoms. The van der Waals surface area contributed by atoms with Crippen LogP contribution in [0.4, 0.5) is 10.5 Å². The van der Waals surface area contributed by atoms with Crippen LogP contribution in [0.3, 0.4) is 0 Å². The summed E-state index contributed by atoms with van der Waals surface area (Å²) in [6.07, 6.45) is 3.24. The van der Waals surface area contributed by atoms with Crippen molar-refractivity contribution in [3.63, 3.8) is 0 Å². The lowest BCUT2D eigenvalue weighted by atomic mass is 9.99. The molecular formula is C16H23NO4S. The summed E-state index contributed by atoms with van der Waals surface area (Å²) in [6.45, 7) is 2.95. The summed E-state index contributed by atoms with van der Waals surface area (Å²) in [7, 11) is -3.00. The number of hydrogen-bond donors (Lipinski definition) is 0. The van der Waals surface area contributed by atoms with Gasteiger partial charge in [0.05, 0.1) is 18.0 Å². The molecule has 1 heterocycles. The minimum Gasteiger partial charge on any atom is -0.449 e. The highest BCUT2D eigenvalue weighted by Gasteiger charge is 2.33. The van der Waals surface area contributed by atoms with E-state index in [4.69, 9.17) is 4.74 Å². The van der Waals surface area contributed by atoms with Gasteiger partial charge in [-0.05, 0) is 24.5 Å². The Bertz CT molecular complexity index is 627. The maximum Gasteiger partial charge on any atom is 0.414 e. The lowest BCUT2D eigenvalue weighted by Gasteiger charge is -2.17. The van der Waals surface area contributed by atoms with Gasteiger partial charge in [-0.15, -0.1) is 0 Å². The second kappa shape index (κ2) is 7.13. The van der Waals surface area contributed by atoms with Crippen LogP contribution in [0, 0.1) is 0 Å². The number of nitrogens with zero attached hydrogens (tertiary/aromatic N) is 1. The first-order valence-electron chi connectivity index (χ1n) is 7.63. The Labute approximate surface area is 132 Å². The quantitative estimate of drug-likeness (QED) is 0.754. The molecular weight excluding hydrogens is 302 g/mol. The van der Waals surface area contributed by atoms with Crippen LogP contribution in [0.1, 0.15) is 37.7 Å². The summed E-state index contributed by atoms with van der Waals surface area (Å²) in [4.78, 5) is 13.8. The zero-order valence-corrected chi connectivity index (χ0v) is 13.9. The monoisotopic (exact) mass is 325 g/mol. The van der Waals surface area contributed by atoms with E-state index >= 15 is 0 Å². The number of carbonyl (C=O) groups is 1. The number of hydrogen-bond acceptors (Lipinski definition) is 4. The van der Waals surface area contributed by atoms with Crippen molar-refractivity contribution in [2.24, 2.45) is 0 Å². The largest absolute Gasteiger partial charge is 0.449 e. The van der Waals surface area contributed by atoms with E-state index in [0.717, 1.165) is 24.1 Å². The summed E-state index contributed by atoms with van der Waals surface area (Å²) >= 11 is 0. The van der Waals surface area contributed by atoms with E-state index in [1.165, 1.54) is 6.26 Å². The smallest absolute Gasteiger partial charge is 0.414 e. The van der Waals surface area contributed by atoms with Crippen molar-refractivity contribution in [3.05, 3.63) is 29.8 Å². The van der Waals surface area contributed by atoms with Gasteiger partial charge in [0.15, 0.2) is 0 Å². The molecule has 5 nitrogen and oxygen atoms in total. The zero-order chi connectivity index (χ0) is 16.2. The average molecular weight is 325 g/mol. The molecule has 0 aromatic heterocycles. The predicted octanol–water partition coefficient (Wildman–Crippen LogP) is 2.96. The minimum atomic E-state index is -3.00. The van der Waals surface area contributed by atoms with Crippen LogP contribution in [0.5, 0.6) is 0 Å². The molecule has 0 spiro atoms. The second-order valence-corrected chi connectivity index (χ2v) is 8.01. The summed E-state index contributed by atoms with van der Waals surface area (Å²) in [5, 5.41) is 0. The Morgan fingerprint density at radius 2 is 2.09 bits per heavy atom. The van der Waals surface area contributed by atoms with E-state index in [1.54, 1.807) is 4.90 Å². The van der Waals surface area contributed by atoms with E-state index in [-0.39, 0.29) is 17.8 Å². The van der Waals surface area contributed by atoms with Gasteiger partial charge in [0.1, 0.15) is 9.84 Å². The van der Waals surface area contributed by atoms with Crippen LogP contribution in [-0.2, 0) is 14.6 Å². The Balaban J connectivity index is 2.09. The molecule has 2 rings (SSSR count). The van der Waals surface area contributed by atoms with Crippen molar-refractivity contribution in [2.75, 3.05) is 30.1 Å². The van der Waals surface area contributed by atoms with Gasteiger partial charge in [-0.2, -0.15) is 0 Å². The normalized spacial score (nSPS) is 17.4. The molecule has 0 radical (unpaired) electrons. The molecule has 0 aliphatic carbocycles. The highest BCUT2D eigenvalue weighted by atomic mass is 32.2. The number of benzene rings is 1. The van der Waals surface area contributed by atoms with E-state index < -0.39 is 9.84 Å². The average Bonchev–Trinajstić information content (AvgIpc) is 2.84. The summed E-state index contributed by atoms with van der Waals surface area (Å²) in [5.41, 5.74) is 1.86.